The summed E-state index contributed by atoms with van der Waals surface area (Å²) in [7, 11) is -2.64. The fourth-order valence-corrected chi connectivity index (χ4v) is 5.95. The summed E-state index contributed by atoms with van der Waals surface area (Å²) in [6.07, 6.45) is 1.06. The normalized spacial score (nSPS) is 12.6. The zero-order valence-electron chi connectivity index (χ0n) is 24.9. The lowest BCUT2D eigenvalue weighted by molar-refractivity contribution is -0.140. The van der Waals surface area contributed by atoms with E-state index < -0.39 is 28.5 Å². The van der Waals surface area contributed by atoms with E-state index in [4.69, 9.17) is 9.47 Å². The molecule has 0 heterocycles. The van der Waals surface area contributed by atoms with Gasteiger partial charge in [0.15, 0.2) is 0 Å². The number of benzene rings is 3. The molecule has 1 N–H and O–H groups in total. The maximum atomic E-state index is 14.3. The van der Waals surface area contributed by atoms with Crippen LogP contribution >= 0.6 is 0 Å². The van der Waals surface area contributed by atoms with Gasteiger partial charge in [0.2, 0.25) is 11.8 Å². The molecule has 2 amide bonds. The summed E-state index contributed by atoms with van der Waals surface area (Å²) in [4.78, 5) is 29.2. The topological polar surface area (TPSA) is 105 Å². The highest BCUT2D eigenvalue weighted by Crippen LogP contribution is 2.33. The molecule has 0 radical (unpaired) electrons. The van der Waals surface area contributed by atoms with Gasteiger partial charge in [-0.25, -0.2) is 8.42 Å². The van der Waals surface area contributed by atoms with E-state index in [2.05, 4.69) is 5.32 Å². The zero-order chi connectivity index (χ0) is 30.7. The highest BCUT2D eigenvalue weighted by atomic mass is 32.2. The number of hydrogen-bond acceptors (Lipinski definition) is 6. The van der Waals surface area contributed by atoms with Gasteiger partial charge in [0.25, 0.3) is 10.0 Å². The van der Waals surface area contributed by atoms with Crippen LogP contribution in [0, 0.1) is 0 Å². The Hall–Kier alpha value is -4.05. The average Bonchev–Trinajstić information content (AvgIpc) is 3.00. The van der Waals surface area contributed by atoms with Gasteiger partial charge >= 0.3 is 0 Å². The lowest BCUT2D eigenvalue weighted by Crippen LogP contribution is -2.53. The molecule has 3 rings (SSSR count). The van der Waals surface area contributed by atoms with Crippen molar-refractivity contribution >= 4 is 27.5 Å². The van der Waals surface area contributed by atoms with Gasteiger partial charge in [-0.15, -0.1) is 0 Å². The second-order valence-corrected chi connectivity index (χ2v) is 11.7. The SMILES string of the molecule is CCOc1ccccc1N(CC(=O)N(Cc1cccc(OC)c1)[C@H](CC)C(=O)N[C@@H](C)CC)S(=O)(=O)c1ccccc1. The molecule has 0 saturated carbocycles. The van der Waals surface area contributed by atoms with E-state index in [0.29, 0.717) is 24.5 Å². The highest BCUT2D eigenvalue weighted by molar-refractivity contribution is 7.92. The van der Waals surface area contributed by atoms with Crippen molar-refractivity contribution in [1.82, 2.24) is 10.2 Å². The van der Waals surface area contributed by atoms with Crippen LogP contribution in [0.2, 0.25) is 0 Å². The molecular formula is C32H41N3O6S. The minimum atomic E-state index is -4.20. The second kappa shape index (κ2) is 15.3. The Labute approximate surface area is 249 Å². The summed E-state index contributed by atoms with van der Waals surface area (Å²) >= 11 is 0. The van der Waals surface area contributed by atoms with Crippen molar-refractivity contribution in [2.45, 2.75) is 64.1 Å². The van der Waals surface area contributed by atoms with Gasteiger partial charge in [-0.2, -0.15) is 0 Å². The number of methoxy groups -OCH3 is 1. The Bertz CT molecular complexity index is 1430. The molecule has 42 heavy (non-hydrogen) atoms. The summed E-state index contributed by atoms with van der Waals surface area (Å²) in [6, 6.07) is 21.0. The molecule has 3 aromatic carbocycles. The first kappa shape index (κ1) is 32.5. The number of nitrogens with zero attached hydrogens (tertiary/aromatic N) is 2. The standard InChI is InChI=1S/C32H41N3O6S/c1-6-24(4)33-32(37)28(7-2)34(22-25-15-14-16-26(21-25)40-5)31(36)23-35(29-19-12-13-20-30(29)41-8-3)42(38,39)27-17-10-9-11-18-27/h9-21,24,28H,6-8,22-23H2,1-5H3,(H,33,37)/t24-,28+/m0/s1. The van der Waals surface area contributed by atoms with Crippen molar-refractivity contribution in [2.24, 2.45) is 0 Å². The molecule has 0 aromatic heterocycles. The van der Waals surface area contributed by atoms with Crippen molar-refractivity contribution < 1.29 is 27.5 Å². The highest BCUT2D eigenvalue weighted by Gasteiger charge is 2.35. The number of ether oxygens (including phenoxy) is 2. The van der Waals surface area contributed by atoms with Gasteiger partial charge in [0.1, 0.15) is 24.1 Å². The third kappa shape index (κ3) is 8.03. The van der Waals surface area contributed by atoms with Crippen LogP contribution in [-0.4, -0.2) is 57.5 Å². The zero-order valence-corrected chi connectivity index (χ0v) is 25.8. The van der Waals surface area contributed by atoms with Crippen LogP contribution in [0.4, 0.5) is 5.69 Å². The molecule has 9 nitrogen and oxygen atoms in total. The van der Waals surface area contributed by atoms with Crippen LogP contribution < -0.4 is 19.1 Å². The van der Waals surface area contributed by atoms with E-state index in [-0.39, 0.29) is 29.1 Å². The van der Waals surface area contributed by atoms with Crippen LogP contribution in [0.1, 0.15) is 46.1 Å². The van der Waals surface area contributed by atoms with E-state index in [0.717, 1.165) is 16.3 Å². The minimum Gasteiger partial charge on any atom is -0.497 e. The van der Waals surface area contributed by atoms with E-state index >= 15 is 0 Å². The average molecular weight is 596 g/mol. The maximum Gasteiger partial charge on any atom is 0.264 e. The number of sulfonamides is 1. The predicted octanol–water partition coefficient (Wildman–Crippen LogP) is 5.01. The molecule has 0 aliphatic heterocycles. The third-order valence-electron chi connectivity index (χ3n) is 6.92. The van der Waals surface area contributed by atoms with Gasteiger partial charge in [-0.1, -0.05) is 56.3 Å². The number of anilines is 1. The van der Waals surface area contributed by atoms with E-state index in [1.54, 1.807) is 68.6 Å². The van der Waals surface area contributed by atoms with E-state index in [1.165, 1.54) is 17.0 Å². The number of rotatable bonds is 15. The molecule has 10 heteroatoms. The largest absolute Gasteiger partial charge is 0.497 e. The third-order valence-corrected chi connectivity index (χ3v) is 8.69. The molecule has 0 spiro atoms. The molecular weight excluding hydrogens is 554 g/mol. The second-order valence-electron chi connectivity index (χ2n) is 9.84. The molecule has 0 aliphatic rings. The minimum absolute atomic E-state index is 0.0324. The lowest BCUT2D eigenvalue weighted by Gasteiger charge is -2.34. The van der Waals surface area contributed by atoms with Crippen molar-refractivity contribution in [3.05, 3.63) is 84.4 Å². The monoisotopic (exact) mass is 595 g/mol. The number of hydrogen-bond donors (Lipinski definition) is 1. The van der Waals surface area contributed by atoms with Gasteiger partial charge in [0, 0.05) is 12.6 Å². The number of para-hydroxylation sites is 2. The van der Waals surface area contributed by atoms with Crippen LogP contribution in [-0.2, 0) is 26.2 Å². The van der Waals surface area contributed by atoms with Crippen LogP contribution in [0.5, 0.6) is 11.5 Å². The Morgan fingerprint density at radius 1 is 0.905 bits per heavy atom. The van der Waals surface area contributed by atoms with Crippen molar-refractivity contribution in [3.63, 3.8) is 0 Å². The number of carbonyl (C=O) groups is 2. The molecule has 0 aliphatic carbocycles. The van der Waals surface area contributed by atoms with E-state index in [9.17, 15) is 18.0 Å². The summed E-state index contributed by atoms with van der Waals surface area (Å²) in [5, 5.41) is 2.98. The summed E-state index contributed by atoms with van der Waals surface area (Å²) < 4.78 is 40.3. The van der Waals surface area contributed by atoms with E-state index in [1.807, 2.05) is 32.9 Å². The van der Waals surface area contributed by atoms with Crippen LogP contribution in [0.25, 0.3) is 0 Å². The molecule has 226 valence electrons. The molecule has 0 bridgehead atoms. The first-order valence-corrected chi connectivity index (χ1v) is 15.6. The van der Waals surface area contributed by atoms with Crippen LogP contribution in [0.3, 0.4) is 0 Å². The van der Waals surface area contributed by atoms with Crippen molar-refractivity contribution in [1.29, 1.82) is 0 Å². The van der Waals surface area contributed by atoms with Gasteiger partial charge in [0.05, 0.1) is 24.3 Å². The van der Waals surface area contributed by atoms with Crippen molar-refractivity contribution in [3.8, 4) is 11.5 Å². The first-order valence-electron chi connectivity index (χ1n) is 14.2. The quantitative estimate of drug-likeness (QED) is 0.265. The summed E-state index contributed by atoms with van der Waals surface area (Å²) in [5.41, 5.74) is 0.972. The Kier molecular flexibility index (Phi) is 11.8. The van der Waals surface area contributed by atoms with Gasteiger partial charge < -0.3 is 19.7 Å². The molecule has 2 atom stereocenters. The van der Waals surface area contributed by atoms with Crippen molar-refractivity contribution in [2.75, 3.05) is 24.6 Å². The Morgan fingerprint density at radius 2 is 1.60 bits per heavy atom. The molecule has 0 fully saturated rings. The smallest absolute Gasteiger partial charge is 0.264 e. The molecule has 0 saturated heterocycles. The summed E-state index contributed by atoms with van der Waals surface area (Å²) in [6.45, 7) is 7.34. The fraction of sp³-hybridized carbons (Fsp3) is 0.375. The number of carbonyl (C=O) groups excluding carboxylic acids is 2. The fourth-order valence-electron chi connectivity index (χ4n) is 4.50. The Morgan fingerprint density at radius 3 is 2.24 bits per heavy atom. The van der Waals surface area contributed by atoms with Gasteiger partial charge in [-0.05, 0) is 68.7 Å². The molecule has 3 aromatic rings. The molecule has 0 unspecified atom stereocenters. The number of nitrogens with one attached hydrogen (secondary N) is 1. The Balaban J connectivity index is 2.11. The maximum absolute atomic E-state index is 14.3. The lowest BCUT2D eigenvalue weighted by atomic mass is 10.1. The summed E-state index contributed by atoms with van der Waals surface area (Å²) in [5.74, 6) is 0.106. The van der Waals surface area contributed by atoms with Gasteiger partial charge in [-0.3, -0.25) is 13.9 Å². The first-order chi connectivity index (χ1) is 20.2. The number of amides is 2. The van der Waals surface area contributed by atoms with Crippen LogP contribution in [0.15, 0.2) is 83.8 Å². The predicted molar refractivity (Wildman–Crippen MR) is 164 cm³/mol.